The van der Waals surface area contributed by atoms with Gasteiger partial charge in [-0.1, -0.05) is 375 Å². The standard InChI is InChI=1S/C20H16F2.2C20H22F2.2C14H12ClF.2C14H12F2.2H2/c1-13-3-7-15(8-4-13)17-11-12-18(20(22)19(17)21)16-9-5-14(2)6-10-16;2*1-13-3-6-15(7-4-13)16-8-10-17(11-9-16)18-12-5-14(2)19(21)20(18)22;1-9-3-6-11(7-4-9)12-8-5-10(2)14(16)13(12)15;3*1-9-3-6-11(7-4-9)12-8-5-10(2)13(15)14(12)16;;/h3-12H,1-2H3;2*5,8-13,15H,3-4,6-7H2,1-2H3;4*3-8H,1-2H3;2*1H. The largest absolute Gasteiger partial charge is 0.205 e. The van der Waals surface area contributed by atoms with Crippen LogP contribution in [0.3, 0.4) is 0 Å². The van der Waals surface area contributed by atoms with Crippen LogP contribution in [0, 0.1) is 165 Å². The third-order valence-corrected chi connectivity index (χ3v) is 25.2. The van der Waals surface area contributed by atoms with E-state index in [2.05, 4.69) is 38.1 Å². The lowest BCUT2D eigenvalue weighted by Crippen LogP contribution is -2.10. The molecule has 0 aromatic heterocycles. The fraction of sp³-hybridized carbons (Fsp3) is 0.224. The van der Waals surface area contributed by atoms with Crippen molar-refractivity contribution in [2.75, 3.05) is 0 Å². The Hall–Kier alpha value is -12.0. The molecule has 2 saturated carbocycles. The molecule has 0 atom stereocenters. The van der Waals surface area contributed by atoms with Crippen LogP contribution in [-0.4, -0.2) is 0 Å². The maximum absolute atomic E-state index is 14.4. The highest BCUT2D eigenvalue weighted by Gasteiger charge is 2.25. The van der Waals surface area contributed by atoms with Crippen molar-refractivity contribution < 1.29 is 55.5 Å². The minimum Gasteiger partial charge on any atom is -0.205 e. The first-order valence-electron chi connectivity index (χ1n) is 43.8. The molecular formula is C116H112Cl2F12. The lowest BCUT2D eigenvalue weighted by atomic mass is 9.79. The fourth-order valence-electron chi connectivity index (χ4n) is 15.7. The van der Waals surface area contributed by atoms with Crippen LogP contribution in [0.1, 0.15) is 158 Å². The summed E-state index contributed by atoms with van der Waals surface area (Å²) in [6, 6.07) is 84.5. The van der Waals surface area contributed by atoms with E-state index in [0.717, 1.165) is 73.0 Å². The minimum absolute atomic E-state index is 0. The van der Waals surface area contributed by atoms with Gasteiger partial charge in [-0.3, -0.25) is 0 Å². The molecule has 0 unspecified atom stereocenters. The summed E-state index contributed by atoms with van der Waals surface area (Å²) in [7, 11) is 0. The van der Waals surface area contributed by atoms with E-state index in [4.69, 9.17) is 23.2 Å². The van der Waals surface area contributed by atoms with Crippen LogP contribution >= 0.6 is 23.2 Å². The number of halogens is 14. The molecule has 0 N–H and O–H groups in total. The Kier molecular flexibility index (Phi) is 34.5. The van der Waals surface area contributed by atoms with Gasteiger partial charge >= 0.3 is 0 Å². The number of hydrogen-bond donors (Lipinski definition) is 0. The van der Waals surface area contributed by atoms with Gasteiger partial charge in [0.05, 0.1) is 10.0 Å². The quantitative estimate of drug-likeness (QED) is 0.120. The molecule has 0 nitrogen and oxygen atoms in total. The van der Waals surface area contributed by atoms with Crippen molar-refractivity contribution in [2.24, 2.45) is 11.8 Å². The topological polar surface area (TPSA) is 0 Å². The molecule has 17 rings (SSSR count). The maximum atomic E-state index is 14.4. The molecule has 15 aromatic carbocycles. The van der Waals surface area contributed by atoms with Crippen LogP contribution in [0.25, 0.3) is 89.0 Å². The summed E-state index contributed by atoms with van der Waals surface area (Å²) in [6.45, 7) is 26.2. The van der Waals surface area contributed by atoms with Gasteiger partial charge in [-0.25, -0.2) is 52.7 Å². The molecule has 2 aliphatic carbocycles. The van der Waals surface area contributed by atoms with Gasteiger partial charge in [0.15, 0.2) is 58.2 Å². The van der Waals surface area contributed by atoms with Crippen molar-refractivity contribution in [3.63, 3.8) is 0 Å². The molecule has 14 heteroatoms. The number of aryl methyl sites for hydroxylation is 12. The van der Waals surface area contributed by atoms with E-state index in [9.17, 15) is 52.7 Å². The van der Waals surface area contributed by atoms with Crippen molar-refractivity contribution in [3.05, 3.63) is 437 Å². The van der Waals surface area contributed by atoms with Crippen molar-refractivity contribution >= 4 is 23.2 Å². The first kappa shape index (κ1) is 98.6. The lowest BCUT2D eigenvalue weighted by molar-refractivity contribution is 0.348. The number of rotatable bonds is 10. The first-order chi connectivity index (χ1) is 62.0. The third-order valence-electron chi connectivity index (χ3n) is 24.3. The highest BCUT2D eigenvalue weighted by atomic mass is 35.5. The summed E-state index contributed by atoms with van der Waals surface area (Å²) in [6.07, 6.45) is 10.0. The first-order valence-corrected chi connectivity index (χ1v) is 44.6. The summed E-state index contributed by atoms with van der Waals surface area (Å²) >= 11 is 11.9. The van der Waals surface area contributed by atoms with Crippen LogP contribution in [0.5, 0.6) is 0 Å². The van der Waals surface area contributed by atoms with Crippen LogP contribution < -0.4 is 0 Å². The average molecular weight is 1810 g/mol. The van der Waals surface area contributed by atoms with E-state index >= 15 is 0 Å². The SMILES string of the molecule is Cc1ccc(-c2ccc(-c3ccc(C)cc3)c(F)c2F)cc1.Cc1ccc(-c2ccc(C)c(Cl)c2F)cc1.Cc1ccc(-c2ccc(C)c(F)c2Cl)cc1.Cc1ccc(-c2ccc(C)c(F)c2F)cc1.Cc1ccc(-c2ccc(C)c(F)c2F)cc1.Cc1ccc(-c2ccc(C3CCC(C)CC3)cc2)c(F)c1F.Cc1ccc(-c2ccc(C3CCC(C)CC3)cc2)c(F)c1F.[HH].[HH]. The van der Waals surface area contributed by atoms with Crippen LogP contribution in [0.4, 0.5) is 52.7 Å². The van der Waals surface area contributed by atoms with Crippen molar-refractivity contribution in [2.45, 2.75) is 160 Å². The van der Waals surface area contributed by atoms with Gasteiger partial charge in [0.25, 0.3) is 0 Å². The second kappa shape index (κ2) is 45.5. The zero-order valence-electron chi connectivity index (χ0n) is 75.8. The van der Waals surface area contributed by atoms with Crippen LogP contribution in [-0.2, 0) is 0 Å². The van der Waals surface area contributed by atoms with Gasteiger partial charge in [0.2, 0.25) is 0 Å². The molecule has 0 radical (unpaired) electrons. The molecule has 0 heterocycles. The second-order valence-corrected chi connectivity index (χ2v) is 35.2. The van der Waals surface area contributed by atoms with E-state index in [0.29, 0.717) is 89.7 Å². The Balaban J connectivity index is 0.000000174. The maximum Gasteiger partial charge on any atom is 0.167 e. The van der Waals surface area contributed by atoms with E-state index in [1.807, 2.05) is 175 Å². The molecule has 0 saturated heterocycles. The zero-order valence-corrected chi connectivity index (χ0v) is 77.3. The summed E-state index contributed by atoms with van der Waals surface area (Å²) in [5.74, 6) is -5.46. The summed E-state index contributed by atoms with van der Waals surface area (Å²) in [4.78, 5) is 0. The monoisotopic (exact) mass is 1800 g/mol. The summed E-state index contributed by atoms with van der Waals surface area (Å²) in [5, 5.41) is 0.405. The molecule has 674 valence electrons. The summed E-state index contributed by atoms with van der Waals surface area (Å²) in [5.41, 5.74) is 21.2. The van der Waals surface area contributed by atoms with Gasteiger partial charge in [0.1, 0.15) is 11.6 Å². The molecular weight excluding hydrogens is 1690 g/mol. The van der Waals surface area contributed by atoms with E-state index in [1.165, 1.54) is 68.1 Å². The number of benzene rings is 15. The molecule has 15 aromatic rings. The Morgan fingerprint density at radius 2 is 0.346 bits per heavy atom. The highest BCUT2D eigenvalue weighted by molar-refractivity contribution is 6.33. The Bertz CT molecular complexity index is 5760. The van der Waals surface area contributed by atoms with Gasteiger partial charge in [-0.05, 0) is 221 Å². The zero-order chi connectivity index (χ0) is 93.9. The van der Waals surface area contributed by atoms with E-state index in [1.54, 1.807) is 163 Å². The normalized spacial score (nSPS) is 14.4. The molecule has 130 heavy (non-hydrogen) atoms. The lowest BCUT2D eigenvalue weighted by Gasteiger charge is -2.26. The van der Waals surface area contributed by atoms with Gasteiger partial charge in [0, 0.05) is 47.4 Å². The van der Waals surface area contributed by atoms with Crippen molar-refractivity contribution in [3.8, 4) is 89.0 Å². The predicted octanol–water partition coefficient (Wildman–Crippen LogP) is 36.9. The molecule has 0 aliphatic heterocycles. The second-order valence-electron chi connectivity index (χ2n) is 34.5. The molecule has 0 spiro atoms. The fourth-order valence-corrected chi connectivity index (χ4v) is 16.2. The molecule has 2 fully saturated rings. The Morgan fingerprint density at radius 3 is 0.577 bits per heavy atom. The molecule has 0 bridgehead atoms. The van der Waals surface area contributed by atoms with Gasteiger partial charge in [-0.2, -0.15) is 0 Å². The van der Waals surface area contributed by atoms with Crippen molar-refractivity contribution in [1.29, 1.82) is 0 Å². The van der Waals surface area contributed by atoms with Crippen LogP contribution in [0.2, 0.25) is 10.0 Å². The highest BCUT2D eigenvalue weighted by Crippen LogP contribution is 2.41. The van der Waals surface area contributed by atoms with E-state index in [-0.39, 0.29) is 35.7 Å². The number of hydrogen-bond acceptors (Lipinski definition) is 0. The molecule has 2 aliphatic rings. The average Bonchev–Trinajstić information content (AvgIpc) is 0.787. The third kappa shape index (κ3) is 25.2. The summed E-state index contributed by atoms with van der Waals surface area (Å²) < 4.78 is 166. The van der Waals surface area contributed by atoms with Gasteiger partial charge in [-0.15, -0.1) is 0 Å². The Morgan fingerprint density at radius 1 is 0.177 bits per heavy atom. The van der Waals surface area contributed by atoms with Crippen molar-refractivity contribution in [1.82, 2.24) is 0 Å². The van der Waals surface area contributed by atoms with Gasteiger partial charge < -0.3 is 0 Å². The smallest absolute Gasteiger partial charge is 0.167 e. The van der Waals surface area contributed by atoms with Crippen LogP contribution in [0.15, 0.2) is 279 Å². The Labute approximate surface area is 771 Å². The van der Waals surface area contributed by atoms with E-state index < -0.39 is 58.2 Å². The minimum atomic E-state index is -0.804. The molecule has 0 amide bonds. The predicted molar refractivity (Wildman–Crippen MR) is 520 cm³/mol.